The molecule has 25 heavy (non-hydrogen) atoms. The maximum Gasteiger partial charge on any atom is 0.259 e. The summed E-state index contributed by atoms with van der Waals surface area (Å²) in [6.07, 6.45) is 1.29. The smallest absolute Gasteiger partial charge is 0.259 e. The summed E-state index contributed by atoms with van der Waals surface area (Å²) in [6, 6.07) is 9.19. The van der Waals surface area contributed by atoms with Crippen molar-refractivity contribution in [3.05, 3.63) is 62.0 Å². The molecule has 0 bridgehead atoms. The molecule has 0 spiro atoms. The number of aromatic hydroxyl groups is 1. The molecule has 2 aromatic carbocycles. The maximum absolute atomic E-state index is 11.9. The lowest BCUT2D eigenvalue weighted by atomic mass is 10.2. The first-order chi connectivity index (χ1) is 11.9. The molecule has 2 aromatic rings. The second kappa shape index (κ2) is 8.84. The quantitative estimate of drug-likeness (QED) is 0.487. The van der Waals surface area contributed by atoms with E-state index in [4.69, 9.17) is 23.2 Å². The molecule has 0 heterocycles. The van der Waals surface area contributed by atoms with E-state index in [-0.39, 0.29) is 22.9 Å². The van der Waals surface area contributed by atoms with Crippen molar-refractivity contribution in [1.29, 1.82) is 0 Å². The molecule has 2 amide bonds. The highest BCUT2D eigenvalue weighted by Gasteiger charge is 2.09. The Kier molecular flexibility index (Phi) is 6.81. The fourth-order valence-electron chi connectivity index (χ4n) is 1.74. The predicted octanol–water partition coefficient (Wildman–Crippen LogP) is 3.34. The van der Waals surface area contributed by atoms with Crippen LogP contribution in [0.2, 0.25) is 10.0 Å². The van der Waals surface area contributed by atoms with Gasteiger partial charge in [-0.05, 0) is 36.4 Å². The van der Waals surface area contributed by atoms with Gasteiger partial charge in [-0.15, -0.1) is 0 Å². The Labute approximate surface area is 162 Å². The predicted molar refractivity (Wildman–Crippen MR) is 100 cm³/mol. The van der Waals surface area contributed by atoms with E-state index in [2.05, 4.69) is 31.8 Å². The number of hydrogen-bond donors (Lipinski definition) is 3. The topological polar surface area (TPSA) is 90.8 Å². The van der Waals surface area contributed by atoms with Crippen LogP contribution >= 0.6 is 39.1 Å². The molecule has 6 nitrogen and oxygen atoms in total. The van der Waals surface area contributed by atoms with Gasteiger partial charge in [-0.1, -0.05) is 39.1 Å². The van der Waals surface area contributed by atoms with Crippen LogP contribution in [0.4, 0.5) is 0 Å². The first-order valence-corrected chi connectivity index (χ1v) is 8.45. The first-order valence-electron chi connectivity index (χ1n) is 6.90. The van der Waals surface area contributed by atoms with Crippen LogP contribution in [0.5, 0.6) is 5.75 Å². The molecule has 0 saturated heterocycles. The minimum Gasteiger partial charge on any atom is -0.507 e. The monoisotopic (exact) mass is 443 g/mol. The van der Waals surface area contributed by atoms with Gasteiger partial charge in [0.2, 0.25) is 0 Å². The van der Waals surface area contributed by atoms with Crippen LogP contribution < -0.4 is 10.7 Å². The van der Waals surface area contributed by atoms with Crippen molar-refractivity contribution in [3.63, 3.8) is 0 Å². The molecular formula is C16H12BrCl2N3O3. The summed E-state index contributed by atoms with van der Waals surface area (Å²) < 4.78 is 0.756. The number of carbonyl (C=O) groups is 2. The molecule has 0 atom stereocenters. The van der Waals surface area contributed by atoms with Crippen LogP contribution in [0.1, 0.15) is 15.9 Å². The van der Waals surface area contributed by atoms with Crippen molar-refractivity contribution in [2.45, 2.75) is 0 Å². The highest BCUT2D eigenvalue weighted by atomic mass is 79.9. The molecular weight excluding hydrogens is 433 g/mol. The third-order valence-corrected chi connectivity index (χ3v) is 4.21. The van der Waals surface area contributed by atoms with E-state index >= 15 is 0 Å². The zero-order chi connectivity index (χ0) is 18.4. The minimum atomic E-state index is -0.529. The third kappa shape index (κ3) is 5.74. The number of phenolic OH excluding ortho intramolecular Hbond substituents is 1. The van der Waals surface area contributed by atoms with Crippen molar-refractivity contribution >= 4 is 57.2 Å². The number of hydrogen-bond acceptors (Lipinski definition) is 4. The summed E-state index contributed by atoms with van der Waals surface area (Å²) in [6.45, 7) is -0.277. The van der Waals surface area contributed by atoms with Crippen molar-refractivity contribution in [2.24, 2.45) is 5.10 Å². The van der Waals surface area contributed by atoms with Crippen molar-refractivity contribution in [1.82, 2.24) is 10.7 Å². The molecule has 9 heteroatoms. The number of halogens is 3. The molecule has 0 unspecified atom stereocenters. The zero-order valence-electron chi connectivity index (χ0n) is 12.6. The van der Waals surface area contributed by atoms with Crippen LogP contribution in [0.25, 0.3) is 0 Å². The van der Waals surface area contributed by atoms with Gasteiger partial charge in [-0.2, -0.15) is 5.10 Å². The van der Waals surface area contributed by atoms with Gasteiger partial charge in [0, 0.05) is 15.6 Å². The molecule has 0 saturated carbocycles. The van der Waals surface area contributed by atoms with E-state index in [9.17, 15) is 14.7 Å². The fourth-order valence-corrected chi connectivity index (χ4v) is 2.42. The Morgan fingerprint density at radius 1 is 1.16 bits per heavy atom. The Morgan fingerprint density at radius 2 is 1.92 bits per heavy atom. The second-order valence-electron chi connectivity index (χ2n) is 4.81. The molecule has 0 aliphatic heterocycles. The van der Waals surface area contributed by atoms with Crippen molar-refractivity contribution in [2.75, 3.05) is 6.54 Å². The van der Waals surface area contributed by atoms with Gasteiger partial charge in [0.05, 0.1) is 22.8 Å². The lowest BCUT2D eigenvalue weighted by Gasteiger charge is -2.05. The highest BCUT2D eigenvalue weighted by molar-refractivity contribution is 9.10. The average Bonchev–Trinajstić information content (AvgIpc) is 2.58. The Morgan fingerprint density at radius 3 is 2.64 bits per heavy atom. The van der Waals surface area contributed by atoms with Crippen molar-refractivity contribution in [3.8, 4) is 5.75 Å². The summed E-state index contributed by atoms with van der Waals surface area (Å²) in [7, 11) is 0. The fraction of sp³-hybridized carbons (Fsp3) is 0.0625. The van der Waals surface area contributed by atoms with Gasteiger partial charge >= 0.3 is 0 Å². The molecule has 0 fully saturated rings. The molecule has 3 N–H and O–H groups in total. The van der Waals surface area contributed by atoms with E-state index in [0.29, 0.717) is 10.6 Å². The summed E-state index contributed by atoms with van der Waals surface area (Å²) in [5.41, 5.74) is 2.96. The maximum atomic E-state index is 11.9. The average molecular weight is 445 g/mol. The number of phenols is 1. The highest BCUT2D eigenvalue weighted by Crippen LogP contribution is 2.22. The number of nitrogens with one attached hydrogen (secondary N) is 2. The van der Waals surface area contributed by atoms with Gasteiger partial charge in [0.15, 0.2) is 0 Å². The van der Waals surface area contributed by atoms with Gasteiger partial charge in [-0.25, -0.2) is 5.43 Å². The number of carbonyl (C=O) groups excluding carboxylic acids is 2. The second-order valence-corrected chi connectivity index (χ2v) is 6.54. The van der Waals surface area contributed by atoms with E-state index in [0.717, 1.165) is 4.47 Å². The summed E-state index contributed by atoms with van der Waals surface area (Å²) in [4.78, 5) is 23.6. The van der Waals surface area contributed by atoms with Crippen LogP contribution in [-0.2, 0) is 4.79 Å². The van der Waals surface area contributed by atoms with E-state index in [1.807, 2.05) is 0 Å². The van der Waals surface area contributed by atoms with Gasteiger partial charge in [-0.3, -0.25) is 9.59 Å². The largest absolute Gasteiger partial charge is 0.507 e. The van der Waals surface area contributed by atoms with Crippen LogP contribution in [-0.4, -0.2) is 29.7 Å². The number of hydrazone groups is 1. The van der Waals surface area contributed by atoms with E-state index in [1.165, 1.54) is 30.5 Å². The van der Waals surface area contributed by atoms with Crippen LogP contribution in [0, 0.1) is 0 Å². The summed E-state index contributed by atoms with van der Waals surface area (Å²) in [5.74, 6) is -0.976. The lowest BCUT2D eigenvalue weighted by Crippen LogP contribution is -2.34. The minimum absolute atomic E-state index is 0.0223. The molecule has 130 valence electrons. The normalized spacial score (nSPS) is 10.7. The number of nitrogens with zero attached hydrogens (tertiary/aromatic N) is 1. The Balaban J connectivity index is 1.86. The Hall–Kier alpha value is -2.09. The summed E-state index contributed by atoms with van der Waals surface area (Å²) in [5, 5.41) is 16.4. The van der Waals surface area contributed by atoms with Crippen LogP contribution in [0.15, 0.2) is 46.0 Å². The molecule has 0 aliphatic carbocycles. The SMILES string of the molecule is O=C(CNC(=O)c1ccc(Cl)c(Cl)c1)NN=Cc1cc(Br)ccc1O. The number of benzene rings is 2. The molecule has 0 aromatic heterocycles. The number of amides is 2. The summed E-state index contributed by atoms with van der Waals surface area (Å²) >= 11 is 14.9. The molecule has 0 aliphatic rings. The van der Waals surface area contributed by atoms with Gasteiger partial charge < -0.3 is 10.4 Å². The van der Waals surface area contributed by atoms with Gasteiger partial charge in [0.1, 0.15) is 5.75 Å². The van der Waals surface area contributed by atoms with Crippen LogP contribution in [0.3, 0.4) is 0 Å². The third-order valence-electron chi connectivity index (χ3n) is 2.97. The standard InChI is InChI=1S/C16H12BrCl2N3O3/c17-11-2-4-14(23)10(5-11)7-21-22-15(24)8-20-16(25)9-1-3-12(18)13(19)6-9/h1-7,23H,8H2,(H,20,25)(H,22,24). The molecule has 2 rings (SSSR count). The Bertz CT molecular complexity index is 843. The van der Waals surface area contributed by atoms with Gasteiger partial charge in [0.25, 0.3) is 11.8 Å². The lowest BCUT2D eigenvalue weighted by molar-refractivity contribution is -0.120. The van der Waals surface area contributed by atoms with E-state index < -0.39 is 11.8 Å². The molecule has 0 radical (unpaired) electrons. The number of rotatable bonds is 5. The zero-order valence-corrected chi connectivity index (χ0v) is 15.7. The first kappa shape index (κ1) is 19.2. The van der Waals surface area contributed by atoms with E-state index in [1.54, 1.807) is 12.1 Å². The van der Waals surface area contributed by atoms with Crippen molar-refractivity contribution < 1.29 is 14.7 Å².